The van der Waals surface area contributed by atoms with E-state index in [-0.39, 0.29) is 11.4 Å². The highest BCUT2D eigenvalue weighted by Crippen LogP contribution is 2.37. The summed E-state index contributed by atoms with van der Waals surface area (Å²) in [5.41, 5.74) is 8.48. The molecular formula is C19H20N4O4. The van der Waals surface area contributed by atoms with Gasteiger partial charge in [-0.1, -0.05) is 30.3 Å². The Morgan fingerprint density at radius 3 is 2.56 bits per heavy atom. The number of amidine groups is 1. The maximum Gasteiger partial charge on any atom is 0.325 e. The zero-order valence-electron chi connectivity index (χ0n) is 14.6. The van der Waals surface area contributed by atoms with E-state index in [1.165, 1.54) is 13.0 Å². The SMILES string of the molecule is CC(NC(=O)c1ccc2c(c1)C(c1ccccc1C(=N)N)NC2O)C(=O)O. The molecule has 0 saturated carbocycles. The highest BCUT2D eigenvalue weighted by atomic mass is 16.4. The largest absolute Gasteiger partial charge is 0.480 e. The third-order valence-corrected chi connectivity index (χ3v) is 4.56. The Hall–Kier alpha value is -3.23. The van der Waals surface area contributed by atoms with Crippen LogP contribution in [0.2, 0.25) is 0 Å². The molecular weight excluding hydrogens is 348 g/mol. The molecule has 8 nitrogen and oxygen atoms in total. The minimum atomic E-state index is -1.13. The number of aliphatic hydroxyl groups excluding tert-OH is 1. The fourth-order valence-electron chi connectivity index (χ4n) is 3.15. The van der Waals surface area contributed by atoms with Crippen LogP contribution >= 0.6 is 0 Å². The number of aliphatic hydroxyl groups is 1. The quantitative estimate of drug-likeness (QED) is 0.340. The molecule has 140 valence electrons. The standard InChI is InChI=1S/C19H20N4O4/c1-9(19(26)27)22-17(24)10-6-7-13-14(8-10)15(23-18(13)25)11-4-2-3-5-12(11)16(20)21/h2-9,15,18,23,25H,1H3,(H3,20,21)(H,22,24)(H,26,27). The number of carbonyl (C=O) groups is 2. The zero-order valence-corrected chi connectivity index (χ0v) is 14.6. The molecule has 1 aliphatic heterocycles. The maximum atomic E-state index is 12.3. The minimum absolute atomic E-state index is 0.0977. The molecule has 1 amide bonds. The van der Waals surface area contributed by atoms with Gasteiger partial charge in [0.25, 0.3) is 5.91 Å². The number of carbonyl (C=O) groups excluding carboxylic acids is 1. The lowest BCUT2D eigenvalue weighted by Gasteiger charge is -2.17. The van der Waals surface area contributed by atoms with E-state index in [0.29, 0.717) is 22.3 Å². The second-order valence-corrected chi connectivity index (χ2v) is 6.38. The molecule has 3 atom stereocenters. The van der Waals surface area contributed by atoms with Crippen LogP contribution in [0.15, 0.2) is 42.5 Å². The fourth-order valence-corrected chi connectivity index (χ4v) is 3.15. The molecule has 2 aromatic rings. The van der Waals surface area contributed by atoms with E-state index in [2.05, 4.69) is 10.6 Å². The predicted octanol–water partition coefficient (Wildman–Crippen LogP) is 0.857. The van der Waals surface area contributed by atoms with E-state index >= 15 is 0 Å². The summed E-state index contributed by atoms with van der Waals surface area (Å²) in [6.45, 7) is 1.38. The number of hydrogen-bond acceptors (Lipinski definition) is 5. The average Bonchev–Trinajstić information content (AvgIpc) is 2.97. The summed E-state index contributed by atoms with van der Waals surface area (Å²) in [6, 6.07) is 10.4. The number of nitrogens with two attached hydrogens (primary N) is 1. The van der Waals surface area contributed by atoms with Crippen molar-refractivity contribution >= 4 is 17.7 Å². The number of hydrogen-bond donors (Lipinski definition) is 6. The molecule has 2 aromatic carbocycles. The van der Waals surface area contributed by atoms with Crippen molar-refractivity contribution in [2.45, 2.75) is 25.2 Å². The normalized spacial score (nSPS) is 19.2. The number of nitrogens with one attached hydrogen (secondary N) is 3. The molecule has 1 aliphatic rings. The number of benzene rings is 2. The molecule has 3 unspecified atom stereocenters. The maximum absolute atomic E-state index is 12.3. The Morgan fingerprint density at radius 2 is 1.89 bits per heavy atom. The molecule has 0 aromatic heterocycles. The van der Waals surface area contributed by atoms with Crippen LogP contribution in [0.25, 0.3) is 0 Å². The summed E-state index contributed by atoms with van der Waals surface area (Å²) in [5.74, 6) is -1.75. The van der Waals surface area contributed by atoms with Crippen LogP contribution in [0.3, 0.4) is 0 Å². The summed E-state index contributed by atoms with van der Waals surface area (Å²) in [5, 5.41) is 32.5. The molecule has 8 heteroatoms. The Kier molecular flexibility index (Phi) is 4.93. The molecule has 0 saturated heterocycles. The Labute approximate surface area is 155 Å². The van der Waals surface area contributed by atoms with Crippen LogP contribution in [0.1, 0.15) is 51.8 Å². The molecule has 0 fully saturated rings. The first-order valence-electron chi connectivity index (χ1n) is 8.34. The van der Waals surface area contributed by atoms with E-state index in [1.54, 1.807) is 36.4 Å². The molecule has 1 heterocycles. The summed E-state index contributed by atoms with van der Waals surface area (Å²) >= 11 is 0. The lowest BCUT2D eigenvalue weighted by molar-refractivity contribution is -0.138. The van der Waals surface area contributed by atoms with Crippen LogP contribution in [-0.2, 0) is 4.79 Å². The lowest BCUT2D eigenvalue weighted by atomic mass is 9.92. The first-order valence-corrected chi connectivity index (χ1v) is 8.34. The third kappa shape index (κ3) is 3.53. The number of amides is 1. The molecule has 27 heavy (non-hydrogen) atoms. The van der Waals surface area contributed by atoms with Crippen molar-refractivity contribution in [1.82, 2.24) is 10.6 Å². The van der Waals surface area contributed by atoms with Crippen molar-refractivity contribution in [3.8, 4) is 0 Å². The first kappa shape index (κ1) is 18.6. The van der Waals surface area contributed by atoms with Gasteiger partial charge >= 0.3 is 5.97 Å². The second-order valence-electron chi connectivity index (χ2n) is 6.38. The van der Waals surface area contributed by atoms with Crippen molar-refractivity contribution in [2.24, 2.45) is 5.73 Å². The Morgan fingerprint density at radius 1 is 1.19 bits per heavy atom. The van der Waals surface area contributed by atoms with Crippen molar-refractivity contribution in [1.29, 1.82) is 5.41 Å². The van der Waals surface area contributed by atoms with Gasteiger partial charge in [0.1, 0.15) is 18.1 Å². The summed E-state index contributed by atoms with van der Waals surface area (Å²) in [7, 11) is 0. The molecule has 0 spiro atoms. The zero-order chi connectivity index (χ0) is 19.7. The van der Waals surface area contributed by atoms with Crippen molar-refractivity contribution in [2.75, 3.05) is 0 Å². The molecule has 3 rings (SSSR count). The summed E-state index contributed by atoms with van der Waals surface area (Å²) in [6.07, 6.45) is -0.930. The van der Waals surface area contributed by atoms with Gasteiger partial charge in [-0.15, -0.1) is 0 Å². The van der Waals surface area contributed by atoms with E-state index < -0.39 is 30.2 Å². The molecule has 0 aliphatic carbocycles. The number of carboxylic acid groups (broad SMARTS) is 1. The van der Waals surface area contributed by atoms with E-state index in [0.717, 1.165) is 0 Å². The van der Waals surface area contributed by atoms with Crippen molar-refractivity contribution in [3.05, 3.63) is 70.3 Å². The monoisotopic (exact) mass is 368 g/mol. The third-order valence-electron chi connectivity index (χ3n) is 4.56. The average molecular weight is 368 g/mol. The van der Waals surface area contributed by atoms with Gasteiger partial charge in [-0.25, -0.2) is 0 Å². The highest BCUT2D eigenvalue weighted by Gasteiger charge is 2.32. The first-order chi connectivity index (χ1) is 12.8. The lowest BCUT2D eigenvalue weighted by Crippen LogP contribution is -2.38. The van der Waals surface area contributed by atoms with Gasteiger partial charge in [-0.05, 0) is 30.2 Å². The number of nitrogen functional groups attached to an aromatic ring is 1. The number of carboxylic acids is 1. The van der Waals surface area contributed by atoms with Gasteiger partial charge in [-0.3, -0.25) is 20.3 Å². The highest BCUT2D eigenvalue weighted by molar-refractivity contribution is 5.98. The Balaban J connectivity index is 2.00. The van der Waals surface area contributed by atoms with Gasteiger partial charge < -0.3 is 21.3 Å². The number of fused-ring (bicyclic) bond motifs is 1. The van der Waals surface area contributed by atoms with E-state index in [1.807, 2.05) is 0 Å². The molecule has 0 radical (unpaired) electrons. The van der Waals surface area contributed by atoms with Crippen LogP contribution in [0.5, 0.6) is 0 Å². The number of rotatable bonds is 5. The van der Waals surface area contributed by atoms with Crippen molar-refractivity contribution < 1.29 is 19.8 Å². The Bertz CT molecular complexity index is 928. The fraction of sp³-hybridized carbons (Fsp3) is 0.211. The van der Waals surface area contributed by atoms with Crippen LogP contribution in [-0.4, -0.2) is 34.0 Å². The molecule has 7 N–H and O–H groups in total. The van der Waals surface area contributed by atoms with Gasteiger partial charge in [0.15, 0.2) is 0 Å². The second kappa shape index (κ2) is 7.18. The minimum Gasteiger partial charge on any atom is -0.480 e. The molecule has 0 bridgehead atoms. The topological polar surface area (TPSA) is 149 Å². The van der Waals surface area contributed by atoms with Crippen LogP contribution in [0.4, 0.5) is 0 Å². The van der Waals surface area contributed by atoms with E-state index in [9.17, 15) is 14.7 Å². The smallest absolute Gasteiger partial charge is 0.325 e. The van der Waals surface area contributed by atoms with Gasteiger partial charge in [-0.2, -0.15) is 0 Å². The van der Waals surface area contributed by atoms with Crippen LogP contribution in [0, 0.1) is 5.41 Å². The van der Waals surface area contributed by atoms with Gasteiger partial charge in [0.2, 0.25) is 0 Å². The van der Waals surface area contributed by atoms with Gasteiger partial charge in [0.05, 0.1) is 6.04 Å². The summed E-state index contributed by atoms with van der Waals surface area (Å²) < 4.78 is 0. The summed E-state index contributed by atoms with van der Waals surface area (Å²) in [4.78, 5) is 23.3. The van der Waals surface area contributed by atoms with Crippen LogP contribution < -0.4 is 16.4 Å². The van der Waals surface area contributed by atoms with Gasteiger partial charge in [0, 0.05) is 16.7 Å². The number of aliphatic carboxylic acids is 1. The van der Waals surface area contributed by atoms with Crippen molar-refractivity contribution in [3.63, 3.8) is 0 Å². The van der Waals surface area contributed by atoms with E-state index in [4.69, 9.17) is 16.2 Å². The predicted molar refractivity (Wildman–Crippen MR) is 98.4 cm³/mol.